The maximum Gasteiger partial charge on any atom is 0.276 e. The van der Waals surface area contributed by atoms with Crippen LogP contribution in [0.2, 0.25) is 0 Å². The van der Waals surface area contributed by atoms with Gasteiger partial charge in [0.1, 0.15) is 6.01 Å². The van der Waals surface area contributed by atoms with Crippen LogP contribution in [0.4, 0.5) is 4.39 Å². The number of hydrogen-bond acceptors (Lipinski definition) is 4. The molecule has 1 aromatic heterocycles. The number of carbonyl (C=O) groups excluding carboxylic acids is 1. The van der Waals surface area contributed by atoms with Crippen molar-refractivity contribution in [3.8, 4) is 0 Å². The first-order valence-electron chi connectivity index (χ1n) is 5.52. The van der Waals surface area contributed by atoms with Gasteiger partial charge in [0.2, 0.25) is 0 Å². The summed E-state index contributed by atoms with van der Waals surface area (Å²) in [5.41, 5.74) is 0.341. The van der Waals surface area contributed by atoms with Gasteiger partial charge >= 0.3 is 0 Å². The summed E-state index contributed by atoms with van der Waals surface area (Å²) >= 11 is 0.712. The van der Waals surface area contributed by atoms with Crippen molar-refractivity contribution in [2.75, 3.05) is 6.01 Å². The third kappa shape index (κ3) is 2.90. The Labute approximate surface area is 113 Å². The number of hydrogen-bond donors (Lipinski definition) is 0. The predicted molar refractivity (Wildman–Crippen MR) is 71.2 cm³/mol. The van der Waals surface area contributed by atoms with Crippen molar-refractivity contribution < 1.29 is 9.18 Å². The first-order valence-corrected chi connectivity index (χ1v) is 6.51. The fourth-order valence-corrected chi connectivity index (χ4v) is 2.07. The maximum atomic E-state index is 12.5. The van der Waals surface area contributed by atoms with Crippen molar-refractivity contribution in [2.24, 2.45) is 0 Å². The average molecular weight is 278 g/mol. The number of halogens is 1. The van der Waals surface area contributed by atoms with E-state index in [1.165, 1.54) is 10.8 Å². The molecule has 4 nitrogen and oxygen atoms in total. The van der Waals surface area contributed by atoms with Crippen molar-refractivity contribution in [1.29, 1.82) is 0 Å². The Bertz CT molecular complexity index is 655. The van der Waals surface area contributed by atoms with Crippen LogP contribution in [-0.2, 0) is 0 Å². The molecular weight excluding hydrogens is 267 g/mol. The van der Waals surface area contributed by atoms with Gasteiger partial charge in [0.05, 0.1) is 0 Å². The van der Waals surface area contributed by atoms with Crippen LogP contribution in [0.1, 0.15) is 15.9 Å². The van der Waals surface area contributed by atoms with E-state index in [2.05, 4.69) is 4.98 Å². The number of aromatic nitrogens is 2. The molecule has 19 heavy (non-hydrogen) atoms. The number of alkyl halides is 1. The molecule has 6 heteroatoms. The van der Waals surface area contributed by atoms with E-state index in [4.69, 9.17) is 0 Å². The van der Waals surface area contributed by atoms with Crippen molar-refractivity contribution >= 4 is 17.7 Å². The van der Waals surface area contributed by atoms with Crippen LogP contribution >= 0.6 is 11.8 Å². The molecule has 1 aromatic carbocycles. The topological polar surface area (TPSA) is 52.0 Å². The van der Waals surface area contributed by atoms with Crippen LogP contribution < -0.4 is 5.56 Å². The average Bonchev–Trinajstić information content (AvgIpc) is 2.43. The second kappa shape index (κ2) is 5.79. The van der Waals surface area contributed by atoms with Gasteiger partial charge in [-0.3, -0.25) is 14.2 Å². The van der Waals surface area contributed by atoms with E-state index in [1.807, 2.05) is 0 Å². The van der Waals surface area contributed by atoms with Crippen LogP contribution in [0, 0.1) is 6.92 Å². The van der Waals surface area contributed by atoms with Crippen LogP contribution in [0.15, 0.2) is 46.5 Å². The Hall–Kier alpha value is -1.95. The Morgan fingerprint density at radius 3 is 2.68 bits per heavy atom. The zero-order valence-electron chi connectivity index (χ0n) is 10.2. The molecule has 0 N–H and O–H groups in total. The standard InChI is InChI=1S/C13H11FN2O2S/c1-9-7-16(13(19-8-14)15-11(9)17)12(18)10-5-3-2-4-6-10/h2-7H,8H2,1H3. The van der Waals surface area contributed by atoms with Crippen molar-refractivity contribution in [3.05, 3.63) is 58.0 Å². The van der Waals surface area contributed by atoms with E-state index >= 15 is 0 Å². The molecule has 0 radical (unpaired) electrons. The minimum absolute atomic E-state index is 0.0620. The van der Waals surface area contributed by atoms with Gasteiger partial charge in [-0.2, -0.15) is 4.98 Å². The van der Waals surface area contributed by atoms with E-state index in [0.717, 1.165) is 0 Å². The second-order valence-corrected chi connectivity index (χ2v) is 4.68. The van der Waals surface area contributed by atoms with E-state index in [9.17, 15) is 14.0 Å². The van der Waals surface area contributed by atoms with Crippen molar-refractivity contribution in [1.82, 2.24) is 9.55 Å². The molecule has 2 aromatic rings. The number of aryl methyl sites for hydroxylation is 1. The Morgan fingerprint density at radius 2 is 2.05 bits per heavy atom. The molecule has 0 aliphatic carbocycles. The summed E-state index contributed by atoms with van der Waals surface area (Å²) in [6.45, 7) is 1.56. The van der Waals surface area contributed by atoms with Crippen molar-refractivity contribution in [3.63, 3.8) is 0 Å². The highest BCUT2D eigenvalue weighted by Crippen LogP contribution is 2.16. The van der Waals surface area contributed by atoms with Gasteiger partial charge in [0.15, 0.2) is 5.16 Å². The highest BCUT2D eigenvalue weighted by Gasteiger charge is 2.14. The van der Waals surface area contributed by atoms with E-state index in [1.54, 1.807) is 37.3 Å². The fourth-order valence-electron chi connectivity index (χ4n) is 1.55. The first-order chi connectivity index (χ1) is 9.13. The predicted octanol–water partition coefficient (Wildman–Crippen LogP) is 2.26. The molecule has 98 valence electrons. The summed E-state index contributed by atoms with van der Waals surface area (Å²) in [6.07, 6.45) is 1.39. The lowest BCUT2D eigenvalue weighted by atomic mass is 10.2. The van der Waals surface area contributed by atoms with Crippen LogP contribution in [-0.4, -0.2) is 21.5 Å². The van der Waals surface area contributed by atoms with E-state index < -0.39 is 11.6 Å². The Kier molecular flexibility index (Phi) is 4.11. The van der Waals surface area contributed by atoms with Gasteiger partial charge in [-0.1, -0.05) is 30.0 Å². The molecule has 0 aliphatic heterocycles. The van der Waals surface area contributed by atoms with Gasteiger partial charge in [-0.25, -0.2) is 4.39 Å². The van der Waals surface area contributed by atoms with Crippen molar-refractivity contribution in [2.45, 2.75) is 12.1 Å². The highest BCUT2D eigenvalue weighted by atomic mass is 32.2. The molecule has 1 heterocycles. The minimum atomic E-state index is -0.752. The molecule has 0 atom stereocenters. The van der Waals surface area contributed by atoms with E-state index in [0.29, 0.717) is 22.9 Å². The number of thioether (sulfide) groups is 1. The molecule has 0 unspecified atom stereocenters. The van der Waals surface area contributed by atoms with Gasteiger partial charge in [-0.05, 0) is 19.1 Å². The number of benzene rings is 1. The third-order valence-corrected chi connectivity index (χ3v) is 3.14. The number of rotatable bonds is 3. The molecule has 2 rings (SSSR count). The zero-order chi connectivity index (χ0) is 13.8. The lowest BCUT2D eigenvalue weighted by Gasteiger charge is -2.10. The molecule has 0 spiro atoms. The smallest absolute Gasteiger partial charge is 0.268 e. The van der Waals surface area contributed by atoms with E-state index in [-0.39, 0.29) is 11.1 Å². The molecule has 0 amide bonds. The van der Waals surface area contributed by atoms with Crippen LogP contribution in [0.3, 0.4) is 0 Å². The summed E-state index contributed by atoms with van der Waals surface area (Å²) in [4.78, 5) is 27.5. The first kappa shape index (κ1) is 13.5. The quantitative estimate of drug-likeness (QED) is 0.638. The van der Waals surface area contributed by atoms with Gasteiger partial charge in [0, 0.05) is 17.3 Å². The molecule has 0 saturated carbocycles. The monoisotopic (exact) mass is 278 g/mol. The maximum absolute atomic E-state index is 12.5. The normalized spacial score (nSPS) is 10.4. The summed E-state index contributed by atoms with van der Waals surface area (Å²) < 4.78 is 13.7. The summed E-state index contributed by atoms with van der Waals surface area (Å²) in [6, 6.07) is 7.82. The number of nitrogens with zero attached hydrogens (tertiary/aromatic N) is 2. The molecular formula is C13H11FN2O2S. The highest BCUT2D eigenvalue weighted by molar-refractivity contribution is 7.99. The lowest BCUT2D eigenvalue weighted by Crippen LogP contribution is -2.22. The molecule has 0 fully saturated rings. The fraction of sp³-hybridized carbons (Fsp3) is 0.154. The summed E-state index contributed by atoms with van der Waals surface area (Å²) in [5, 5.41) is 0.0620. The second-order valence-electron chi connectivity index (χ2n) is 3.81. The Balaban J connectivity index is 2.52. The van der Waals surface area contributed by atoms with Gasteiger partial charge in [-0.15, -0.1) is 0 Å². The molecule has 0 bridgehead atoms. The zero-order valence-corrected chi connectivity index (χ0v) is 11.0. The van der Waals surface area contributed by atoms with Gasteiger partial charge < -0.3 is 0 Å². The SMILES string of the molecule is Cc1cn(C(=O)c2ccccc2)c(SCF)nc1=O. The summed E-state index contributed by atoms with van der Waals surface area (Å²) in [5.74, 6) is -0.341. The minimum Gasteiger partial charge on any atom is -0.268 e. The third-order valence-electron chi connectivity index (χ3n) is 2.49. The molecule has 0 aliphatic rings. The number of carbonyl (C=O) groups is 1. The molecule has 0 saturated heterocycles. The lowest BCUT2D eigenvalue weighted by molar-refractivity contribution is 0.0946. The summed E-state index contributed by atoms with van der Waals surface area (Å²) in [7, 11) is 0. The van der Waals surface area contributed by atoms with Crippen LogP contribution in [0.5, 0.6) is 0 Å². The largest absolute Gasteiger partial charge is 0.276 e. The van der Waals surface area contributed by atoms with Crippen LogP contribution in [0.25, 0.3) is 0 Å². The Morgan fingerprint density at radius 1 is 1.37 bits per heavy atom. The van der Waals surface area contributed by atoms with Gasteiger partial charge in [0.25, 0.3) is 11.5 Å².